The van der Waals surface area contributed by atoms with Crippen LogP contribution in [0.5, 0.6) is 0 Å². The zero-order chi connectivity index (χ0) is 14.8. The molecule has 0 aromatic carbocycles. The van der Waals surface area contributed by atoms with Crippen molar-refractivity contribution in [2.45, 2.75) is 25.9 Å². The first kappa shape index (κ1) is 13.8. The van der Waals surface area contributed by atoms with Gasteiger partial charge in [-0.15, -0.1) is 0 Å². The first-order chi connectivity index (χ1) is 10.2. The molecule has 2 N–H and O–H groups in total. The van der Waals surface area contributed by atoms with Gasteiger partial charge in [0.25, 0.3) is 0 Å². The molecule has 0 unspecified atom stereocenters. The molecule has 21 heavy (non-hydrogen) atoms. The average molecular weight is 289 g/mol. The number of carbonyl (C=O) groups excluding carboxylic acids is 1. The number of nitrogens with zero attached hydrogens (tertiary/aromatic N) is 3. The Balaban J connectivity index is 1.82. The number of hydrogen-bond acceptors (Lipinski definition) is 5. The predicted octanol–water partition coefficient (Wildman–Crippen LogP) is 1.53. The number of rotatable bonds is 3. The van der Waals surface area contributed by atoms with Gasteiger partial charge in [-0.1, -0.05) is 0 Å². The molecule has 0 aliphatic carbocycles. The molecule has 1 aliphatic heterocycles. The lowest BCUT2D eigenvalue weighted by Gasteiger charge is -2.31. The van der Waals surface area contributed by atoms with E-state index in [0.717, 1.165) is 42.7 Å². The number of aromatic nitrogens is 3. The molecule has 0 spiro atoms. The Hall–Kier alpha value is -2.15. The second-order valence-electron chi connectivity index (χ2n) is 5.27. The molecule has 1 saturated heterocycles. The van der Waals surface area contributed by atoms with E-state index >= 15 is 0 Å². The Bertz CT molecular complexity index is 646. The summed E-state index contributed by atoms with van der Waals surface area (Å²) >= 11 is 0. The number of methoxy groups -OCH3 is 1. The summed E-state index contributed by atoms with van der Waals surface area (Å²) in [5.41, 5.74) is 0.873. The van der Waals surface area contributed by atoms with Crippen molar-refractivity contribution in [1.82, 2.24) is 15.2 Å². The van der Waals surface area contributed by atoms with Crippen LogP contribution in [0, 0.1) is 0 Å². The number of fused-ring (bicyclic) bond motifs is 1. The minimum atomic E-state index is -0.136. The number of ether oxygens (including phenoxy) is 1. The van der Waals surface area contributed by atoms with Gasteiger partial charge in [0.2, 0.25) is 5.91 Å². The van der Waals surface area contributed by atoms with Crippen LogP contribution < -0.4 is 10.2 Å². The molecule has 1 fully saturated rings. The van der Waals surface area contributed by atoms with E-state index in [1.54, 1.807) is 19.4 Å². The molecular formula is C14H19N5O2. The molecule has 0 bridgehead atoms. The molecule has 2 aromatic heterocycles. The van der Waals surface area contributed by atoms with Crippen molar-refractivity contribution in [3.8, 4) is 0 Å². The van der Waals surface area contributed by atoms with E-state index in [1.165, 1.54) is 6.92 Å². The number of anilines is 2. The van der Waals surface area contributed by atoms with Crippen LogP contribution in [0.25, 0.3) is 10.9 Å². The normalized spacial score (nSPS) is 16.4. The van der Waals surface area contributed by atoms with E-state index < -0.39 is 0 Å². The lowest BCUT2D eigenvalue weighted by atomic mass is 10.1. The fourth-order valence-corrected chi connectivity index (χ4v) is 2.69. The largest absolute Gasteiger partial charge is 0.381 e. The lowest BCUT2D eigenvalue weighted by molar-refractivity contribution is -0.114. The number of amides is 1. The number of H-pyrrole nitrogens is 1. The summed E-state index contributed by atoms with van der Waals surface area (Å²) < 4.78 is 5.39. The van der Waals surface area contributed by atoms with E-state index in [1.807, 2.05) is 0 Å². The molecule has 1 amide bonds. The van der Waals surface area contributed by atoms with Crippen molar-refractivity contribution in [1.29, 1.82) is 0 Å². The van der Waals surface area contributed by atoms with E-state index in [9.17, 15) is 4.79 Å². The molecule has 1 aliphatic rings. The van der Waals surface area contributed by atoms with E-state index in [0.29, 0.717) is 11.9 Å². The summed E-state index contributed by atoms with van der Waals surface area (Å²) in [5, 5.41) is 11.1. The second kappa shape index (κ2) is 5.69. The highest BCUT2D eigenvalue weighted by molar-refractivity contribution is 5.94. The van der Waals surface area contributed by atoms with Gasteiger partial charge < -0.3 is 15.0 Å². The smallest absolute Gasteiger partial charge is 0.222 e. The first-order valence-corrected chi connectivity index (χ1v) is 7.07. The molecule has 7 nitrogen and oxygen atoms in total. The van der Waals surface area contributed by atoms with Gasteiger partial charge in [-0.3, -0.25) is 9.89 Å². The van der Waals surface area contributed by atoms with Crippen molar-refractivity contribution >= 4 is 28.4 Å². The van der Waals surface area contributed by atoms with Crippen LogP contribution >= 0.6 is 0 Å². The van der Waals surface area contributed by atoms with Crippen molar-refractivity contribution < 1.29 is 9.53 Å². The summed E-state index contributed by atoms with van der Waals surface area (Å²) in [7, 11) is 1.76. The van der Waals surface area contributed by atoms with Crippen LogP contribution in [0.2, 0.25) is 0 Å². The van der Waals surface area contributed by atoms with Gasteiger partial charge in [0.05, 0.1) is 17.0 Å². The van der Waals surface area contributed by atoms with Crippen molar-refractivity contribution in [3.63, 3.8) is 0 Å². The minimum Gasteiger partial charge on any atom is -0.381 e. The highest BCUT2D eigenvalue weighted by Gasteiger charge is 2.22. The van der Waals surface area contributed by atoms with Gasteiger partial charge in [0.15, 0.2) is 5.82 Å². The monoisotopic (exact) mass is 289 g/mol. The Morgan fingerprint density at radius 3 is 2.90 bits per heavy atom. The summed E-state index contributed by atoms with van der Waals surface area (Å²) in [6.45, 7) is 3.31. The maximum atomic E-state index is 11.1. The van der Waals surface area contributed by atoms with Crippen LogP contribution in [0.1, 0.15) is 19.8 Å². The van der Waals surface area contributed by atoms with Crippen molar-refractivity contribution in [2.75, 3.05) is 30.4 Å². The fraction of sp³-hybridized carbons (Fsp3) is 0.500. The number of aromatic amines is 1. The quantitative estimate of drug-likeness (QED) is 0.895. The zero-order valence-corrected chi connectivity index (χ0v) is 12.2. The Kier molecular flexibility index (Phi) is 3.74. The lowest BCUT2D eigenvalue weighted by Crippen LogP contribution is -2.36. The van der Waals surface area contributed by atoms with E-state index in [-0.39, 0.29) is 5.91 Å². The Morgan fingerprint density at radius 2 is 2.24 bits per heavy atom. The highest BCUT2D eigenvalue weighted by atomic mass is 16.5. The number of hydrogen-bond donors (Lipinski definition) is 2. The van der Waals surface area contributed by atoms with Gasteiger partial charge in [-0.2, -0.15) is 5.10 Å². The second-order valence-corrected chi connectivity index (χ2v) is 5.27. The third-order valence-corrected chi connectivity index (χ3v) is 3.81. The van der Waals surface area contributed by atoms with Gasteiger partial charge in [-0.05, 0) is 12.8 Å². The zero-order valence-electron chi connectivity index (χ0n) is 12.2. The van der Waals surface area contributed by atoms with Crippen LogP contribution in [0.4, 0.5) is 11.6 Å². The van der Waals surface area contributed by atoms with Crippen molar-refractivity contribution in [3.05, 3.63) is 12.3 Å². The predicted molar refractivity (Wildman–Crippen MR) is 80.4 cm³/mol. The van der Waals surface area contributed by atoms with Crippen LogP contribution in [-0.2, 0) is 9.53 Å². The fourth-order valence-electron chi connectivity index (χ4n) is 2.69. The van der Waals surface area contributed by atoms with Crippen LogP contribution in [-0.4, -0.2) is 47.4 Å². The maximum absolute atomic E-state index is 11.1. The molecule has 7 heteroatoms. The van der Waals surface area contributed by atoms with Gasteiger partial charge in [0.1, 0.15) is 5.82 Å². The molecule has 3 rings (SSSR count). The van der Waals surface area contributed by atoms with Gasteiger partial charge in [0, 0.05) is 39.4 Å². The summed E-state index contributed by atoms with van der Waals surface area (Å²) in [6.07, 6.45) is 4.10. The van der Waals surface area contributed by atoms with E-state index in [4.69, 9.17) is 4.74 Å². The van der Waals surface area contributed by atoms with Crippen LogP contribution in [0.3, 0.4) is 0 Å². The third-order valence-electron chi connectivity index (χ3n) is 3.81. The standard InChI is InChI=1S/C14H19N5O2/c1-9(20)16-13-7-12-11(8-15-13)14(18-17-12)19-5-3-10(21-2)4-6-19/h7-8,10H,3-6H2,1-2H3,(H,17,18)(H,15,16,20). The number of piperidine rings is 1. The third kappa shape index (κ3) is 2.82. The summed E-state index contributed by atoms with van der Waals surface area (Å²) in [6, 6.07) is 1.80. The van der Waals surface area contributed by atoms with Crippen LogP contribution in [0.15, 0.2) is 12.3 Å². The maximum Gasteiger partial charge on any atom is 0.222 e. The minimum absolute atomic E-state index is 0.136. The number of carbonyl (C=O) groups is 1. The summed E-state index contributed by atoms with van der Waals surface area (Å²) in [4.78, 5) is 17.6. The number of nitrogens with one attached hydrogen (secondary N) is 2. The van der Waals surface area contributed by atoms with E-state index in [2.05, 4.69) is 25.4 Å². The van der Waals surface area contributed by atoms with Crippen molar-refractivity contribution in [2.24, 2.45) is 0 Å². The average Bonchev–Trinajstić information content (AvgIpc) is 2.90. The molecular weight excluding hydrogens is 270 g/mol. The SMILES string of the molecule is COC1CCN(c2n[nH]c3cc(NC(C)=O)ncc23)CC1. The molecule has 0 radical (unpaired) electrons. The molecule has 3 heterocycles. The Labute approximate surface area is 122 Å². The van der Waals surface area contributed by atoms with Gasteiger partial charge >= 0.3 is 0 Å². The molecule has 112 valence electrons. The number of pyridine rings is 1. The molecule has 0 saturated carbocycles. The molecule has 0 atom stereocenters. The van der Waals surface area contributed by atoms with Gasteiger partial charge in [-0.25, -0.2) is 4.98 Å². The first-order valence-electron chi connectivity index (χ1n) is 7.07. The molecule has 2 aromatic rings. The summed E-state index contributed by atoms with van der Waals surface area (Å²) in [5.74, 6) is 1.31. The Morgan fingerprint density at radius 1 is 1.48 bits per heavy atom. The highest BCUT2D eigenvalue weighted by Crippen LogP contribution is 2.27. The topological polar surface area (TPSA) is 83.1 Å².